The predicted octanol–water partition coefficient (Wildman–Crippen LogP) is 2.27. The summed E-state index contributed by atoms with van der Waals surface area (Å²) in [5.74, 6) is -0.668. The van der Waals surface area contributed by atoms with Crippen molar-refractivity contribution in [3.05, 3.63) is 75.3 Å². The van der Waals surface area contributed by atoms with Gasteiger partial charge < -0.3 is 9.90 Å². The van der Waals surface area contributed by atoms with Crippen molar-refractivity contribution in [1.82, 2.24) is 9.55 Å². The molecule has 130 valence electrons. The summed E-state index contributed by atoms with van der Waals surface area (Å²) in [6, 6.07) is 12.6. The van der Waals surface area contributed by atoms with Gasteiger partial charge in [-0.25, -0.2) is 4.98 Å². The number of allylic oxidation sites excluding steroid dienone is 1. The number of carbonyl (C=O) groups is 1. The molecule has 1 aromatic heterocycles. The average Bonchev–Trinajstić information content (AvgIpc) is 3.05. The van der Waals surface area contributed by atoms with Crippen molar-refractivity contribution in [2.45, 2.75) is 26.3 Å². The van der Waals surface area contributed by atoms with E-state index in [4.69, 9.17) is 0 Å². The second-order valence-corrected chi connectivity index (χ2v) is 6.43. The van der Waals surface area contributed by atoms with E-state index in [1.165, 1.54) is 23.8 Å². The number of carbonyl (C=O) groups excluding carboxylic acids is 1. The van der Waals surface area contributed by atoms with Crippen molar-refractivity contribution in [3.63, 3.8) is 0 Å². The molecule has 1 aliphatic heterocycles. The third-order valence-corrected chi connectivity index (χ3v) is 4.81. The fourth-order valence-electron chi connectivity index (χ4n) is 3.33. The molecule has 0 fully saturated rings. The minimum atomic E-state index is -1.28. The first-order valence-electron chi connectivity index (χ1n) is 8.62. The van der Waals surface area contributed by atoms with Crippen LogP contribution in [0.2, 0.25) is 0 Å². The number of nitrogens with zero attached hydrogens (tertiary/aromatic N) is 2. The number of rotatable bonds is 3. The van der Waals surface area contributed by atoms with Gasteiger partial charge in [0, 0.05) is 6.54 Å². The highest BCUT2D eigenvalue weighted by Crippen LogP contribution is 2.27. The van der Waals surface area contributed by atoms with Crippen LogP contribution in [0.5, 0.6) is 0 Å². The van der Waals surface area contributed by atoms with E-state index in [9.17, 15) is 14.7 Å². The Morgan fingerprint density at radius 2 is 2.00 bits per heavy atom. The summed E-state index contributed by atoms with van der Waals surface area (Å²) in [6.45, 7) is 2.70. The smallest absolute Gasteiger partial charge is 0.261 e. The quantitative estimate of drug-likeness (QED) is 0.730. The van der Waals surface area contributed by atoms with E-state index in [-0.39, 0.29) is 11.1 Å². The van der Waals surface area contributed by atoms with Crippen molar-refractivity contribution in [2.75, 3.05) is 0 Å². The second-order valence-electron chi connectivity index (χ2n) is 6.43. The van der Waals surface area contributed by atoms with E-state index >= 15 is 0 Å². The van der Waals surface area contributed by atoms with Crippen LogP contribution in [0, 0.1) is 0 Å². The van der Waals surface area contributed by atoms with Gasteiger partial charge in [0.15, 0.2) is 0 Å². The number of carboxylic acid groups (broad SMARTS) is 1. The Hall–Kier alpha value is -3.21. The molecule has 0 saturated carbocycles. The highest BCUT2D eigenvalue weighted by molar-refractivity contribution is 5.92. The molecule has 0 spiro atoms. The molecule has 0 aliphatic carbocycles. The number of aromatic nitrogens is 2. The Labute approximate surface area is 150 Å². The summed E-state index contributed by atoms with van der Waals surface area (Å²) in [4.78, 5) is 28.4. The molecule has 0 unspecified atom stereocenters. The lowest BCUT2D eigenvalue weighted by atomic mass is 10.1. The molecule has 5 heteroatoms. The third-order valence-electron chi connectivity index (χ3n) is 4.81. The molecule has 0 N–H and O–H groups in total. The zero-order valence-electron chi connectivity index (χ0n) is 14.4. The molecule has 2 heterocycles. The lowest BCUT2D eigenvalue weighted by Gasteiger charge is -2.08. The molecule has 0 radical (unpaired) electrons. The average molecular weight is 345 g/mol. The first-order valence-corrected chi connectivity index (χ1v) is 8.62. The Morgan fingerprint density at radius 3 is 2.69 bits per heavy atom. The van der Waals surface area contributed by atoms with Crippen LogP contribution in [0.25, 0.3) is 22.6 Å². The van der Waals surface area contributed by atoms with Gasteiger partial charge in [-0.15, -0.1) is 0 Å². The zero-order chi connectivity index (χ0) is 18.3. The molecule has 0 bridgehead atoms. The number of carboxylic acids is 1. The molecule has 0 saturated heterocycles. The monoisotopic (exact) mass is 345 g/mol. The number of aromatic carboxylic acids is 1. The Bertz CT molecular complexity index is 1110. The number of aryl methyl sites for hydroxylation is 1. The van der Waals surface area contributed by atoms with E-state index in [0.29, 0.717) is 23.3 Å². The first-order chi connectivity index (χ1) is 12.6. The van der Waals surface area contributed by atoms with Crippen molar-refractivity contribution in [1.29, 1.82) is 0 Å². The Balaban J connectivity index is 1.84. The molecule has 2 aromatic carbocycles. The van der Waals surface area contributed by atoms with E-state index in [0.717, 1.165) is 24.0 Å². The van der Waals surface area contributed by atoms with Gasteiger partial charge in [-0.2, -0.15) is 0 Å². The van der Waals surface area contributed by atoms with Gasteiger partial charge in [0.05, 0.1) is 16.9 Å². The normalized spacial score (nSPS) is 14.7. The first kappa shape index (κ1) is 16.3. The SMILES string of the molecule is CCc1ccc(/C=C2\CCn3c2nc2cc(C(=O)[O-])ccc2c3=O)cc1. The predicted molar refractivity (Wildman–Crippen MR) is 98.6 cm³/mol. The molecule has 3 aromatic rings. The molecule has 1 aliphatic rings. The van der Waals surface area contributed by atoms with Crippen LogP contribution in [0.15, 0.2) is 47.3 Å². The van der Waals surface area contributed by atoms with Crippen LogP contribution in [0.1, 0.15) is 40.7 Å². The number of hydrogen-bond acceptors (Lipinski definition) is 4. The van der Waals surface area contributed by atoms with Crippen LogP contribution in [0.3, 0.4) is 0 Å². The van der Waals surface area contributed by atoms with Gasteiger partial charge in [0.1, 0.15) is 5.82 Å². The van der Waals surface area contributed by atoms with Gasteiger partial charge >= 0.3 is 0 Å². The molecule has 26 heavy (non-hydrogen) atoms. The fourth-order valence-corrected chi connectivity index (χ4v) is 3.33. The highest BCUT2D eigenvalue weighted by Gasteiger charge is 2.21. The number of fused-ring (bicyclic) bond motifs is 2. The highest BCUT2D eigenvalue weighted by atomic mass is 16.4. The molecular formula is C21H17N2O3-. The van der Waals surface area contributed by atoms with Crippen molar-refractivity contribution < 1.29 is 9.90 Å². The maximum Gasteiger partial charge on any atom is 0.261 e. The minimum absolute atomic E-state index is 0.0213. The van der Waals surface area contributed by atoms with E-state index < -0.39 is 5.97 Å². The van der Waals surface area contributed by atoms with Crippen LogP contribution in [0.4, 0.5) is 0 Å². The summed E-state index contributed by atoms with van der Waals surface area (Å²) < 4.78 is 1.66. The van der Waals surface area contributed by atoms with E-state index in [2.05, 4.69) is 36.2 Å². The molecule has 5 nitrogen and oxygen atoms in total. The molecule has 0 atom stereocenters. The largest absolute Gasteiger partial charge is 0.545 e. The summed E-state index contributed by atoms with van der Waals surface area (Å²) >= 11 is 0. The van der Waals surface area contributed by atoms with Crippen molar-refractivity contribution >= 4 is 28.5 Å². The molecular weight excluding hydrogens is 328 g/mol. The zero-order valence-corrected chi connectivity index (χ0v) is 14.4. The summed E-state index contributed by atoms with van der Waals surface area (Å²) in [5.41, 5.74) is 3.58. The summed E-state index contributed by atoms with van der Waals surface area (Å²) in [6.07, 6.45) is 3.75. The van der Waals surface area contributed by atoms with Gasteiger partial charge in [0.25, 0.3) is 5.56 Å². The standard InChI is InChI=1S/C21H18N2O3/c1-2-13-3-5-14(6-4-13)11-15-9-10-23-19(15)22-18-12-16(21(25)26)7-8-17(18)20(23)24/h3-8,11-12H,2,9-10H2,1H3,(H,25,26)/p-1/b15-11+. The van der Waals surface area contributed by atoms with Crippen molar-refractivity contribution in [3.8, 4) is 0 Å². The number of benzene rings is 2. The Kier molecular flexibility index (Phi) is 3.92. The second kappa shape index (κ2) is 6.26. The van der Waals surface area contributed by atoms with Crippen molar-refractivity contribution in [2.24, 2.45) is 0 Å². The van der Waals surface area contributed by atoms with Crippen LogP contribution >= 0.6 is 0 Å². The van der Waals surface area contributed by atoms with Crippen LogP contribution in [-0.2, 0) is 13.0 Å². The topological polar surface area (TPSA) is 75.0 Å². The van der Waals surface area contributed by atoms with Gasteiger partial charge in [-0.05, 0) is 53.3 Å². The van der Waals surface area contributed by atoms with Gasteiger partial charge in [-0.1, -0.05) is 37.3 Å². The van der Waals surface area contributed by atoms with Gasteiger partial charge in [-0.3, -0.25) is 9.36 Å². The third kappa shape index (κ3) is 2.71. The lowest BCUT2D eigenvalue weighted by molar-refractivity contribution is -0.255. The van der Waals surface area contributed by atoms with E-state index in [1.807, 2.05) is 6.08 Å². The maximum absolute atomic E-state index is 12.7. The van der Waals surface area contributed by atoms with Crippen LogP contribution in [-0.4, -0.2) is 15.5 Å². The number of hydrogen-bond donors (Lipinski definition) is 0. The molecule has 0 amide bonds. The van der Waals surface area contributed by atoms with Gasteiger partial charge in [0.2, 0.25) is 0 Å². The summed E-state index contributed by atoms with van der Waals surface area (Å²) in [7, 11) is 0. The summed E-state index contributed by atoms with van der Waals surface area (Å²) in [5, 5.41) is 11.5. The fraction of sp³-hybridized carbons (Fsp3) is 0.190. The van der Waals surface area contributed by atoms with E-state index in [1.54, 1.807) is 4.57 Å². The Morgan fingerprint density at radius 1 is 1.23 bits per heavy atom. The molecule has 4 rings (SSSR count). The minimum Gasteiger partial charge on any atom is -0.545 e. The maximum atomic E-state index is 12.7. The lowest BCUT2D eigenvalue weighted by Crippen LogP contribution is -2.23. The van der Waals surface area contributed by atoms with Crippen LogP contribution < -0.4 is 10.7 Å².